The summed E-state index contributed by atoms with van der Waals surface area (Å²) in [5.74, 6) is 0. The molecular formula is C11H15N3O4S. The zero-order valence-electron chi connectivity index (χ0n) is 10.2. The molecule has 1 aliphatic rings. The van der Waals surface area contributed by atoms with Crippen molar-refractivity contribution in [3.63, 3.8) is 0 Å². The van der Waals surface area contributed by atoms with Crippen LogP contribution in [0.5, 0.6) is 0 Å². The number of non-ortho nitro benzene ring substituents is 1. The highest BCUT2D eigenvalue weighted by Gasteiger charge is 2.29. The third kappa shape index (κ3) is 3.09. The van der Waals surface area contributed by atoms with Gasteiger partial charge in [-0.3, -0.25) is 10.1 Å². The molecule has 7 nitrogen and oxygen atoms in total. The third-order valence-electron chi connectivity index (χ3n) is 3.21. The number of sulfonamides is 1. The zero-order valence-corrected chi connectivity index (χ0v) is 11.0. The first kappa shape index (κ1) is 13.9. The van der Waals surface area contributed by atoms with Gasteiger partial charge < -0.3 is 5.73 Å². The minimum absolute atomic E-state index is 0.110. The van der Waals surface area contributed by atoms with E-state index in [-0.39, 0.29) is 22.7 Å². The highest BCUT2D eigenvalue weighted by molar-refractivity contribution is 7.89. The van der Waals surface area contributed by atoms with Crippen molar-refractivity contribution in [1.29, 1.82) is 0 Å². The van der Waals surface area contributed by atoms with Crippen LogP contribution in [0.25, 0.3) is 0 Å². The molecule has 2 rings (SSSR count). The van der Waals surface area contributed by atoms with E-state index in [1.54, 1.807) is 0 Å². The van der Waals surface area contributed by atoms with Crippen LogP contribution in [0.4, 0.5) is 5.69 Å². The van der Waals surface area contributed by atoms with Gasteiger partial charge in [0.05, 0.1) is 9.82 Å². The zero-order chi connectivity index (χ0) is 14.0. The van der Waals surface area contributed by atoms with Gasteiger partial charge in [-0.05, 0) is 18.9 Å². The fourth-order valence-corrected chi connectivity index (χ4v) is 3.53. The summed E-state index contributed by atoms with van der Waals surface area (Å²) in [6.07, 6.45) is 2.35. The Hall–Kier alpha value is -1.51. The Balaban J connectivity index is 2.24. The second kappa shape index (κ2) is 5.24. The number of hydrogen-bond donors (Lipinski definition) is 2. The molecule has 0 bridgehead atoms. The van der Waals surface area contributed by atoms with Crippen LogP contribution in [0.1, 0.15) is 19.3 Å². The van der Waals surface area contributed by atoms with Crippen LogP contribution in [0.15, 0.2) is 29.2 Å². The Bertz CT molecular complexity index is 587. The van der Waals surface area contributed by atoms with Crippen LogP contribution in [0, 0.1) is 10.1 Å². The Labute approximate surface area is 111 Å². The van der Waals surface area contributed by atoms with Gasteiger partial charge in [0.25, 0.3) is 5.69 Å². The summed E-state index contributed by atoms with van der Waals surface area (Å²) in [7, 11) is -3.77. The molecule has 0 aliphatic heterocycles. The molecule has 3 N–H and O–H groups in total. The van der Waals surface area contributed by atoms with Crippen LogP contribution in [-0.4, -0.2) is 25.4 Å². The van der Waals surface area contributed by atoms with Crippen molar-refractivity contribution < 1.29 is 13.3 Å². The summed E-state index contributed by atoms with van der Waals surface area (Å²) < 4.78 is 26.8. The van der Waals surface area contributed by atoms with Crippen LogP contribution in [0.3, 0.4) is 0 Å². The lowest BCUT2D eigenvalue weighted by molar-refractivity contribution is -0.385. The number of nitrogens with zero attached hydrogens (tertiary/aromatic N) is 1. The molecular weight excluding hydrogens is 270 g/mol. The van der Waals surface area contributed by atoms with E-state index >= 15 is 0 Å². The van der Waals surface area contributed by atoms with E-state index in [2.05, 4.69) is 4.72 Å². The van der Waals surface area contributed by atoms with E-state index in [1.165, 1.54) is 18.2 Å². The van der Waals surface area contributed by atoms with Gasteiger partial charge in [-0.25, -0.2) is 13.1 Å². The highest BCUT2D eigenvalue weighted by atomic mass is 32.2. The van der Waals surface area contributed by atoms with Gasteiger partial charge in [0.15, 0.2) is 0 Å². The fourth-order valence-electron chi connectivity index (χ4n) is 2.17. The predicted octanol–water partition coefficient (Wildman–Crippen LogP) is 0.753. The largest absolute Gasteiger partial charge is 0.326 e. The van der Waals surface area contributed by atoms with Crippen molar-refractivity contribution in [2.45, 2.75) is 36.2 Å². The molecule has 8 heteroatoms. The normalized spacial score (nSPS) is 23.4. The van der Waals surface area contributed by atoms with Gasteiger partial charge >= 0.3 is 0 Å². The van der Waals surface area contributed by atoms with Crippen LogP contribution >= 0.6 is 0 Å². The minimum Gasteiger partial charge on any atom is -0.326 e. The number of hydrogen-bond acceptors (Lipinski definition) is 5. The third-order valence-corrected chi connectivity index (χ3v) is 4.70. The number of nitro benzene ring substituents is 1. The first-order chi connectivity index (χ1) is 8.90. The van der Waals surface area contributed by atoms with Gasteiger partial charge in [0.1, 0.15) is 0 Å². The number of rotatable bonds is 4. The number of benzene rings is 1. The van der Waals surface area contributed by atoms with E-state index < -0.39 is 14.9 Å². The summed E-state index contributed by atoms with van der Waals surface area (Å²) in [5.41, 5.74) is 5.56. The summed E-state index contributed by atoms with van der Waals surface area (Å²) in [4.78, 5) is 9.91. The Kier molecular flexibility index (Phi) is 3.83. The number of nitrogens with one attached hydrogen (secondary N) is 1. The van der Waals surface area contributed by atoms with E-state index in [9.17, 15) is 18.5 Å². The second-order valence-corrected chi connectivity index (χ2v) is 6.29. The van der Waals surface area contributed by atoms with Gasteiger partial charge in [-0.15, -0.1) is 0 Å². The molecule has 1 aliphatic carbocycles. The van der Waals surface area contributed by atoms with Crippen molar-refractivity contribution in [3.05, 3.63) is 34.4 Å². The maximum absolute atomic E-state index is 12.1. The van der Waals surface area contributed by atoms with Crippen molar-refractivity contribution in [1.82, 2.24) is 4.72 Å². The molecule has 0 spiro atoms. The lowest BCUT2D eigenvalue weighted by atomic mass is 10.2. The van der Waals surface area contributed by atoms with Gasteiger partial charge in [-0.2, -0.15) is 0 Å². The van der Waals surface area contributed by atoms with Crippen LogP contribution < -0.4 is 10.5 Å². The monoisotopic (exact) mass is 285 g/mol. The maximum atomic E-state index is 12.1. The molecule has 0 amide bonds. The number of nitrogens with two attached hydrogens (primary N) is 1. The second-order valence-electron chi connectivity index (χ2n) is 4.58. The van der Waals surface area contributed by atoms with Gasteiger partial charge in [-0.1, -0.05) is 12.5 Å². The molecule has 2 atom stereocenters. The molecule has 104 valence electrons. The highest BCUT2D eigenvalue weighted by Crippen LogP contribution is 2.21. The fraction of sp³-hybridized carbons (Fsp3) is 0.455. The topological polar surface area (TPSA) is 115 Å². The molecule has 0 saturated heterocycles. The van der Waals surface area contributed by atoms with E-state index in [0.717, 1.165) is 18.9 Å². The Morgan fingerprint density at radius 3 is 2.68 bits per heavy atom. The van der Waals surface area contributed by atoms with Crippen molar-refractivity contribution in [2.75, 3.05) is 0 Å². The molecule has 0 radical (unpaired) electrons. The first-order valence-corrected chi connectivity index (χ1v) is 7.41. The minimum atomic E-state index is -3.77. The Morgan fingerprint density at radius 2 is 2.11 bits per heavy atom. The Morgan fingerprint density at radius 1 is 1.37 bits per heavy atom. The van der Waals surface area contributed by atoms with E-state index in [1.807, 2.05) is 0 Å². The smallest absolute Gasteiger partial charge is 0.270 e. The molecule has 0 heterocycles. The first-order valence-electron chi connectivity index (χ1n) is 5.92. The quantitative estimate of drug-likeness (QED) is 0.625. The summed E-state index contributed by atoms with van der Waals surface area (Å²) in [6.45, 7) is 0. The van der Waals surface area contributed by atoms with Crippen LogP contribution in [-0.2, 0) is 10.0 Å². The average molecular weight is 285 g/mol. The van der Waals surface area contributed by atoms with Crippen molar-refractivity contribution >= 4 is 15.7 Å². The lowest BCUT2D eigenvalue weighted by Crippen LogP contribution is -2.43. The molecule has 2 unspecified atom stereocenters. The summed E-state index contributed by atoms with van der Waals surface area (Å²) in [6, 6.07) is 4.47. The standard InChI is InChI=1S/C11H15N3O4S/c12-10-5-2-6-11(10)13-19(17,18)9-4-1-3-8(7-9)14(15)16/h1,3-4,7,10-11,13H,2,5-6,12H2. The SMILES string of the molecule is NC1CCCC1NS(=O)(=O)c1cccc([N+](=O)[O-])c1. The molecule has 1 aromatic carbocycles. The average Bonchev–Trinajstić information content (AvgIpc) is 2.74. The van der Waals surface area contributed by atoms with Crippen molar-refractivity contribution in [3.8, 4) is 0 Å². The molecule has 1 saturated carbocycles. The summed E-state index contributed by atoms with van der Waals surface area (Å²) >= 11 is 0. The molecule has 1 fully saturated rings. The van der Waals surface area contributed by atoms with Crippen LogP contribution in [0.2, 0.25) is 0 Å². The van der Waals surface area contributed by atoms with Gasteiger partial charge in [0, 0.05) is 24.2 Å². The molecule has 0 aromatic heterocycles. The predicted molar refractivity (Wildman–Crippen MR) is 69.0 cm³/mol. The number of nitro groups is 1. The van der Waals surface area contributed by atoms with Gasteiger partial charge in [0.2, 0.25) is 10.0 Å². The van der Waals surface area contributed by atoms with Crippen molar-refractivity contribution in [2.24, 2.45) is 5.73 Å². The molecule has 19 heavy (non-hydrogen) atoms. The van der Waals surface area contributed by atoms with E-state index in [0.29, 0.717) is 6.42 Å². The summed E-state index contributed by atoms with van der Waals surface area (Å²) in [5, 5.41) is 10.6. The lowest BCUT2D eigenvalue weighted by Gasteiger charge is -2.17. The molecule has 1 aromatic rings. The van der Waals surface area contributed by atoms with E-state index in [4.69, 9.17) is 5.73 Å². The maximum Gasteiger partial charge on any atom is 0.270 e.